The van der Waals surface area contributed by atoms with Crippen molar-refractivity contribution in [2.45, 2.75) is 6.42 Å². The van der Waals surface area contributed by atoms with E-state index < -0.39 is 6.09 Å². The van der Waals surface area contributed by atoms with E-state index in [1.807, 2.05) is 24.3 Å². The lowest BCUT2D eigenvalue weighted by atomic mass is 10.1. The van der Waals surface area contributed by atoms with Crippen molar-refractivity contribution in [3.8, 4) is 11.3 Å². The summed E-state index contributed by atoms with van der Waals surface area (Å²) in [6.07, 6.45) is 3.28. The number of aromatic nitrogens is 4. The van der Waals surface area contributed by atoms with Crippen LogP contribution in [-0.2, 0) is 20.7 Å². The number of ether oxygens (including phenoxy) is 2. The number of nitrogens with two attached hydrogens (primary N) is 1. The molecule has 3 aliphatic heterocycles. The second-order valence-corrected chi connectivity index (χ2v) is 9.92. The zero-order valence-electron chi connectivity index (χ0n) is 22.8. The van der Waals surface area contributed by atoms with Crippen LogP contribution in [0.1, 0.15) is 5.56 Å². The normalized spacial score (nSPS) is 17.3. The third-order valence-electron chi connectivity index (χ3n) is 7.20. The molecule has 3 aliphatic rings. The fraction of sp³-hybridized carbons (Fsp3) is 0.444. The van der Waals surface area contributed by atoms with Gasteiger partial charge < -0.3 is 30.3 Å². The first-order chi connectivity index (χ1) is 20.1. The Morgan fingerprint density at radius 3 is 2.34 bits per heavy atom. The van der Waals surface area contributed by atoms with Crippen LogP contribution in [0.3, 0.4) is 0 Å². The number of hydrogen-bond acceptors (Lipinski definition) is 13. The molecule has 4 N–H and O–H groups in total. The van der Waals surface area contributed by atoms with E-state index in [0.29, 0.717) is 62.4 Å². The molecule has 41 heavy (non-hydrogen) atoms. The minimum absolute atomic E-state index is 0.186. The van der Waals surface area contributed by atoms with Gasteiger partial charge in [0.15, 0.2) is 5.82 Å². The van der Waals surface area contributed by atoms with Crippen LogP contribution in [0.15, 0.2) is 36.7 Å². The van der Waals surface area contributed by atoms with E-state index in [9.17, 15) is 4.79 Å². The van der Waals surface area contributed by atoms with Crippen molar-refractivity contribution < 1.29 is 19.1 Å². The van der Waals surface area contributed by atoms with Crippen molar-refractivity contribution in [3.63, 3.8) is 0 Å². The number of amides is 1. The molecule has 14 heteroatoms. The Balaban J connectivity index is 1.11. The minimum atomic E-state index is -0.602. The highest BCUT2D eigenvalue weighted by atomic mass is 16.7. The van der Waals surface area contributed by atoms with Crippen LogP contribution >= 0.6 is 0 Å². The maximum absolute atomic E-state index is 12.9. The van der Waals surface area contributed by atoms with E-state index in [2.05, 4.69) is 30.4 Å². The number of carbonyl (C=O) groups excluding carboxylic acids is 1. The van der Waals surface area contributed by atoms with Crippen LogP contribution in [0.5, 0.6) is 0 Å². The maximum Gasteiger partial charge on any atom is 0.436 e. The van der Waals surface area contributed by atoms with Gasteiger partial charge >= 0.3 is 6.09 Å². The molecule has 216 valence electrons. The third-order valence-corrected chi connectivity index (χ3v) is 7.20. The summed E-state index contributed by atoms with van der Waals surface area (Å²) in [6.45, 7) is 8.25. The molecule has 0 saturated carbocycles. The molecular formula is C27H34N10O4. The molecule has 0 atom stereocenters. The second kappa shape index (κ2) is 12.5. The van der Waals surface area contributed by atoms with Gasteiger partial charge in [0, 0.05) is 74.2 Å². The van der Waals surface area contributed by atoms with Gasteiger partial charge in [-0.15, -0.1) is 0 Å². The molecule has 0 bridgehead atoms. The Bertz CT molecular complexity index is 1330. The number of carbonyl (C=O) groups is 1. The van der Waals surface area contributed by atoms with E-state index in [-0.39, 0.29) is 5.95 Å². The first kappa shape index (κ1) is 26.9. The van der Waals surface area contributed by atoms with Gasteiger partial charge in [0.2, 0.25) is 11.9 Å². The third kappa shape index (κ3) is 6.56. The molecule has 0 unspecified atom stereocenters. The molecule has 2 saturated heterocycles. The summed E-state index contributed by atoms with van der Waals surface area (Å²) in [5.74, 6) is 1.26. The van der Waals surface area contributed by atoms with E-state index in [1.165, 1.54) is 5.06 Å². The number of hydroxylamine groups is 1. The lowest BCUT2D eigenvalue weighted by Gasteiger charge is -2.28. The van der Waals surface area contributed by atoms with Crippen LogP contribution in [0, 0.1) is 0 Å². The number of fused-ring (bicyclic) bond motifs is 1. The predicted octanol–water partition coefficient (Wildman–Crippen LogP) is 1.62. The van der Waals surface area contributed by atoms with Crippen molar-refractivity contribution in [3.05, 3.63) is 42.2 Å². The summed E-state index contributed by atoms with van der Waals surface area (Å²) in [5.41, 5.74) is 9.59. The summed E-state index contributed by atoms with van der Waals surface area (Å²) in [6, 6.07) is 7.55. The summed E-state index contributed by atoms with van der Waals surface area (Å²) < 4.78 is 10.9. The van der Waals surface area contributed by atoms with Gasteiger partial charge in [0.05, 0.1) is 38.7 Å². The highest BCUT2D eigenvalue weighted by Crippen LogP contribution is 2.35. The Labute approximate surface area is 237 Å². The van der Waals surface area contributed by atoms with Gasteiger partial charge in [0.25, 0.3) is 0 Å². The van der Waals surface area contributed by atoms with Crippen molar-refractivity contribution in [1.29, 1.82) is 0 Å². The molecule has 14 nitrogen and oxygen atoms in total. The van der Waals surface area contributed by atoms with Crippen LogP contribution < -0.4 is 26.3 Å². The standard InChI is InChI=1S/C27H34N10O4/c28-25-30-17-19(18-31-25)23-22-5-7-37(24(22)34-26(33-23)36-11-15-40-16-12-36)41-27(38)32-21-3-1-20(2-4-21)29-6-8-35-9-13-39-14-10-35/h1-4,17-18,29H,5-16H2,(H,32,38)(H2,28,30,31). The molecule has 3 aromatic rings. The molecule has 2 aromatic heterocycles. The number of nitrogens with zero attached hydrogens (tertiary/aromatic N) is 7. The van der Waals surface area contributed by atoms with Crippen LogP contribution in [0.25, 0.3) is 11.3 Å². The average molecular weight is 563 g/mol. The zero-order valence-corrected chi connectivity index (χ0v) is 22.8. The molecule has 0 spiro atoms. The van der Waals surface area contributed by atoms with Crippen LogP contribution in [0.2, 0.25) is 0 Å². The maximum atomic E-state index is 12.9. The molecule has 0 aliphatic carbocycles. The Hall–Kier alpha value is -4.27. The van der Waals surface area contributed by atoms with Crippen molar-refractivity contribution >= 4 is 35.2 Å². The molecule has 1 aromatic carbocycles. The quantitative estimate of drug-likeness (QED) is 0.364. The van der Waals surface area contributed by atoms with Gasteiger partial charge in [-0.2, -0.15) is 10.0 Å². The minimum Gasteiger partial charge on any atom is -0.384 e. The van der Waals surface area contributed by atoms with Crippen LogP contribution in [0.4, 0.5) is 33.9 Å². The number of morpholine rings is 2. The SMILES string of the molecule is Nc1ncc(-c2nc(N3CCOCC3)nc3c2CCN3OC(=O)Nc2ccc(NCCN3CCOCC3)cc2)cn1. The van der Waals surface area contributed by atoms with E-state index in [0.717, 1.165) is 56.2 Å². The molecular weight excluding hydrogens is 528 g/mol. The zero-order chi connectivity index (χ0) is 28.0. The number of anilines is 5. The van der Waals surface area contributed by atoms with E-state index >= 15 is 0 Å². The van der Waals surface area contributed by atoms with Crippen molar-refractivity contribution in [2.75, 3.05) is 98.6 Å². The molecule has 1 amide bonds. The summed E-state index contributed by atoms with van der Waals surface area (Å²) in [7, 11) is 0. The number of nitrogens with one attached hydrogen (secondary N) is 2. The topological polar surface area (TPSA) is 156 Å². The largest absolute Gasteiger partial charge is 0.436 e. The second-order valence-electron chi connectivity index (χ2n) is 9.92. The van der Waals surface area contributed by atoms with Gasteiger partial charge in [-0.1, -0.05) is 0 Å². The molecule has 0 radical (unpaired) electrons. The number of rotatable bonds is 8. The van der Waals surface area contributed by atoms with E-state index in [1.54, 1.807) is 12.4 Å². The van der Waals surface area contributed by atoms with Crippen LogP contribution in [-0.4, -0.2) is 103 Å². The first-order valence-corrected chi connectivity index (χ1v) is 13.8. The summed E-state index contributed by atoms with van der Waals surface area (Å²) >= 11 is 0. The Kier molecular flexibility index (Phi) is 8.21. The average Bonchev–Trinajstić information content (AvgIpc) is 3.41. The fourth-order valence-electron chi connectivity index (χ4n) is 5.00. The lowest BCUT2D eigenvalue weighted by Crippen LogP contribution is -2.38. The highest BCUT2D eigenvalue weighted by molar-refractivity contribution is 5.86. The van der Waals surface area contributed by atoms with Gasteiger partial charge in [-0.05, 0) is 30.7 Å². The number of hydrogen-bond donors (Lipinski definition) is 3. The van der Waals surface area contributed by atoms with Gasteiger partial charge in [-0.3, -0.25) is 10.2 Å². The smallest absolute Gasteiger partial charge is 0.384 e. The fourth-order valence-corrected chi connectivity index (χ4v) is 5.00. The molecule has 6 rings (SSSR count). The Morgan fingerprint density at radius 1 is 0.927 bits per heavy atom. The van der Waals surface area contributed by atoms with Gasteiger partial charge in [-0.25, -0.2) is 19.7 Å². The first-order valence-electron chi connectivity index (χ1n) is 13.8. The predicted molar refractivity (Wildman–Crippen MR) is 154 cm³/mol. The van der Waals surface area contributed by atoms with Crippen molar-refractivity contribution in [1.82, 2.24) is 24.8 Å². The Morgan fingerprint density at radius 2 is 1.61 bits per heavy atom. The molecule has 2 fully saturated rings. The number of benzene rings is 1. The number of nitrogen functional groups attached to an aromatic ring is 1. The summed E-state index contributed by atoms with van der Waals surface area (Å²) in [5, 5.41) is 7.74. The lowest BCUT2D eigenvalue weighted by molar-refractivity contribution is 0.0398. The van der Waals surface area contributed by atoms with E-state index in [4.69, 9.17) is 30.0 Å². The monoisotopic (exact) mass is 562 g/mol. The van der Waals surface area contributed by atoms with Crippen molar-refractivity contribution in [2.24, 2.45) is 0 Å². The van der Waals surface area contributed by atoms with Gasteiger partial charge in [0.1, 0.15) is 0 Å². The highest BCUT2D eigenvalue weighted by Gasteiger charge is 2.31. The summed E-state index contributed by atoms with van der Waals surface area (Å²) in [4.78, 5) is 40.9. The molecule has 5 heterocycles.